The zero-order valence-electron chi connectivity index (χ0n) is 14.0. The van der Waals surface area contributed by atoms with E-state index in [4.69, 9.17) is 0 Å². The number of carbonyl (C=O) groups excluding carboxylic acids is 2. The van der Waals surface area contributed by atoms with Gasteiger partial charge < -0.3 is 9.88 Å². The third-order valence-corrected chi connectivity index (χ3v) is 7.06. The number of anilines is 1. The van der Waals surface area contributed by atoms with E-state index in [-0.39, 0.29) is 15.3 Å². The number of nitrogens with one attached hydrogen (secondary N) is 1. The number of hydrogen-bond acceptors (Lipinski definition) is 6. The van der Waals surface area contributed by atoms with Gasteiger partial charge in [0.25, 0.3) is 15.9 Å². The number of rotatable bonds is 3. The highest BCUT2D eigenvalue weighted by Crippen LogP contribution is 2.29. The van der Waals surface area contributed by atoms with Crippen molar-refractivity contribution in [2.24, 2.45) is 7.05 Å². The third kappa shape index (κ3) is 2.73. The van der Waals surface area contributed by atoms with E-state index < -0.39 is 28.4 Å². The van der Waals surface area contributed by atoms with E-state index in [1.54, 1.807) is 31.3 Å². The van der Waals surface area contributed by atoms with E-state index in [2.05, 4.69) is 5.32 Å². The van der Waals surface area contributed by atoms with Gasteiger partial charge in [0, 0.05) is 12.7 Å². The molecule has 138 valence electrons. The van der Waals surface area contributed by atoms with Crippen molar-refractivity contribution in [3.05, 3.63) is 57.7 Å². The predicted octanol–water partition coefficient (Wildman–Crippen LogP) is 1.38. The van der Waals surface area contributed by atoms with Gasteiger partial charge >= 0.3 is 4.87 Å². The lowest BCUT2D eigenvalue weighted by atomic mass is 10.2. The van der Waals surface area contributed by atoms with E-state index in [1.165, 1.54) is 22.8 Å². The first-order chi connectivity index (χ1) is 12.8. The Morgan fingerprint density at radius 2 is 1.89 bits per heavy atom. The summed E-state index contributed by atoms with van der Waals surface area (Å²) in [5, 5.41) is 2.57. The van der Waals surface area contributed by atoms with Crippen LogP contribution in [0.4, 0.5) is 5.69 Å². The molecule has 1 aromatic heterocycles. The minimum atomic E-state index is -4.04. The number of amides is 2. The van der Waals surface area contributed by atoms with E-state index in [0.717, 1.165) is 16.9 Å². The van der Waals surface area contributed by atoms with E-state index in [0.29, 0.717) is 14.7 Å². The zero-order valence-corrected chi connectivity index (χ0v) is 15.6. The maximum Gasteiger partial charge on any atom is 0.307 e. The van der Waals surface area contributed by atoms with Gasteiger partial charge in [-0.05, 0) is 30.3 Å². The van der Waals surface area contributed by atoms with E-state index in [9.17, 15) is 22.8 Å². The summed E-state index contributed by atoms with van der Waals surface area (Å²) < 4.78 is 27.7. The molecule has 4 rings (SSSR count). The molecule has 0 aliphatic carbocycles. The minimum absolute atomic E-state index is 0.0563. The summed E-state index contributed by atoms with van der Waals surface area (Å²) in [5.74, 6) is -1.38. The second-order valence-corrected chi connectivity index (χ2v) is 8.79. The topological polar surface area (TPSA) is 106 Å². The number of nitrogens with zero attached hydrogens (tertiary/aromatic N) is 2. The first-order valence-corrected chi connectivity index (χ1v) is 10.1. The van der Waals surface area contributed by atoms with Gasteiger partial charge in [0.2, 0.25) is 5.91 Å². The van der Waals surface area contributed by atoms with Crippen LogP contribution in [0.25, 0.3) is 10.2 Å². The lowest BCUT2D eigenvalue weighted by molar-refractivity contribution is -0.116. The lowest BCUT2D eigenvalue weighted by Crippen LogP contribution is -2.37. The molecule has 2 amide bonds. The van der Waals surface area contributed by atoms with Crippen molar-refractivity contribution >= 4 is 49.1 Å². The Hall–Kier alpha value is -2.98. The van der Waals surface area contributed by atoms with E-state index in [1.807, 2.05) is 0 Å². The first kappa shape index (κ1) is 17.4. The number of sulfonamides is 1. The van der Waals surface area contributed by atoms with Crippen LogP contribution in [0.15, 0.2) is 52.2 Å². The standard InChI is InChI=1S/C17H13N3O5S2/c1-19-12-7-6-10(8-13(12)26-17(19)23)18-15(21)9-20-16(22)11-4-2-3-5-14(11)27(20,24)25/h2-8H,9H2,1H3,(H,18,21). The Labute approximate surface area is 157 Å². The number of aromatic nitrogens is 1. The molecule has 0 bridgehead atoms. The van der Waals surface area contributed by atoms with Crippen LogP contribution >= 0.6 is 11.3 Å². The number of thiazole rings is 1. The fraction of sp³-hybridized carbons (Fsp3) is 0.118. The van der Waals surface area contributed by atoms with Crippen molar-refractivity contribution in [2.45, 2.75) is 4.90 Å². The van der Waals surface area contributed by atoms with Crippen LogP contribution in [0.2, 0.25) is 0 Å². The predicted molar refractivity (Wildman–Crippen MR) is 100 cm³/mol. The fourth-order valence-corrected chi connectivity index (χ4v) is 5.37. The molecule has 27 heavy (non-hydrogen) atoms. The monoisotopic (exact) mass is 403 g/mol. The van der Waals surface area contributed by atoms with Gasteiger partial charge in [-0.1, -0.05) is 23.5 Å². The fourth-order valence-electron chi connectivity index (χ4n) is 2.93. The van der Waals surface area contributed by atoms with Crippen molar-refractivity contribution in [3.63, 3.8) is 0 Å². The van der Waals surface area contributed by atoms with Crippen LogP contribution in [0.5, 0.6) is 0 Å². The number of aryl methyl sites for hydroxylation is 1. The molecule has 2 heterocycles. The average molecular weight is 403 g/mol. The zero-order chi connectivity index (χ0) is 19.3. The molecule has 0 saturated heterocycles. The third-order valence-electron chi connectivity index (χ3n) is 4.28. The second-order valence-electron chi connectivity index (χ2n) is 5.97. The minimum Gasteiger partial charge on any atom is -0.324 e. The van der Waals surface area contributed by atoms with Gasteiger partial charge in [-0.15, -0.1) is 0 Å². The summed E-state index contributed by atoms with van der Waals surface area (Å²) >= 11 is 1.04. The van der Waals surface area contributed by atoms with Gasteiger partial charge in [0.15, 0.2) is 0 Å². The summed E-state index contributed by atoms with van der Waals surface area (Å²) in [4.78, 5) is 36.2. The summed E-state index contributed by atoms with van der Waals surface area (Å²) in [6, 6.07) is 10.8. The van der Waals surface area contributed by atoms with Crippen LogP contribution < -0.4 is 10.2 Å². The largest absolute Gasteiger partial charge is 0.324 e. The molecule has 0 radical (unpaired) electrons. The number of carbonyl (C=O) groups is 2. The maximum atomic E-state index is 12.5. The molecule has 8 nitrogen and oxygen atoms in total. The van der Waals surface area contributed by atoms with Crippen LogP contribution in [0, 0.1) is 0 Å². The Morgan fingerprint density at radius 3 is 2.63 bits per heavy atom. The highest BCUT2D eigenvalue weighted by Gasteiger charge is 2.41. The molecule has 2 aromatic carbocycles. The van der Waals surface area contributed by atoms with Crippen molar-refractivity contribution < 1.29 is 18.0 Å². The molecule has 1 aliphatic rings. The van der Waals surface area contributed by atoms with Crippen LogP contribution in [-0.2, 0) is 21.9 Å². The van der Waals surface area contributed by atoms with Crippen molar-refractivity contribution in [2.75, 3.05) is 11.9 Å². The normalized spacial score (nSPS) is 15.1. The Morgan fingerprint density at radius 1 is 1.15 bits per heavy atom. The lowest BCUT2D eigenvalue weighted by Gasteiger charge is -2.14. The van der Waals surface area contributed by atoms with Crippen molar-refractivity contribution in [1.29, 1.82) is 0 Å². The van der Waals surface area contributed by atoms with Crippen LogP contribution in [0.1, 0.15) is 10.4 Å². The molecule has 0 saturated carbocycles. The van der Waals surface area contributed by atoms with E-state index >= 15 is 0 Å². The summed E-state index contributed by atoms with van der Waals surface area (Å²) in [5.41, 5.74) is 1.20. The van der Waals surface area contributed by atoms with Crippen molar-refractivity contribution in [3.8, 4) is 0 Å². The maximum absolute atomic E-state index is 12.5. The molecule has 0 atom stereocenters. The van der Waals surface area contributed by atoms with Gasteiger partial charge in [-0.25, -0.2) is 12.7 Å². The van der Waals surface area contributed by atoms with Gasteiger partial charge in [-0.2, -0.15) is 0 Å². The highest BCUT2D eigenvalue weighted by molar-refractivity contribution is 7.90. The SMILES string of the molecule is Cn1c(=O)sc2cc(NC(=O)CN3C(=O)c4ccccc4S3(=O)=O)ccc21. The molecule has 1 N–H and O–H groups in total. The number of hydrogen-bond donors (Lipinski definition) is 1. The van der Waals surface area contributed by atoms with Gasteiger partial charge in [0.05, 0.1) is 15.8 Å². The highest BCUT2D eigenvalue weighted by atomic mass is 32.2. The molecular weight excluding hydrogens is 390 g/mol. The number of fused-ring (bicyclic) bond motifs is 2. The van der Waals surface area contributed by atoms with Gasteiger partial charge in [0.1, 0.15) is 11.4 Å². The molecule has 0 spiro atoms. The summed E-state index contributed by atoms with van der Waals surface area (Å²) in [6.45, 7) is -0.626. The Kier molecular flexibility index (Phi) is 3.89. The number of benzene rings is 2. The molecule has 1 aliphatic heterocycles. The Balaban J connectivity index is 1.57. The summed E-state index contributed by atoms with van der Waals surface area (Å²) in [6.07, 6.45) is 0. The quantitative estimate of drug-likeness (QED) is 0.711. The Bertz CT molecular complexity index is 1270. The molecular formula is C17H13N3O5S2. The van der Waals surface area contributed by atoms with Gasteiger partial charge in [-0.3, -0.25) is 14.4 Å². The first-order valence-electron chi connectivity index (χ1n) is 7.84. The molecule has 10 heteroatoms. The smallest absolute Gasteiger partial charge is 0.307 e. The molecule has 0 fully saturated rings. The molecule has 3 aromatic rings. The molecule has 0 unspecified atom stereocenters. The van der Waals surface area contributed by atoms with Crippen molar-refractivity contribution in [1.82, 2.24) is 8.87 Å². The van der Waals surface area contributed by atoms with Crippen LogP contribution in [-0.4, -0.2) is 35.6 Å². The second kappa shape index (κ2) is 6.03. The summed E-state index contributed by atoms with van der Waals surface area (Å²) in [7, 11) is -2.39. The van der Waals surface area contributed by atoms with Crippen LogP contribution in [0.3, 0.4) is 0 Å². The average Bonchev–Trinajstić information content (AvgIpc) is 3.01.